The smallest absolute Gasteiger partial charge is 0.242 e. The molecule has 7 heteroatoms. The molecule has 0 aliphatic heterocycles. The molecule has 0 aromatic carbocycles. The molecule has 0 aliphatic carbocycles. The first-order valence-corrected chi connectivity index (χ1v) is 7.83. The van der Waals surface area contributed by atoms with Crippen molar-refractivity contribution in [3.63, 3.8) is 0 Å². The van der Waals surface area contributed by atoms with Gasteiger partial charge in [0.1, 0.15) is 16.7 Å². The van der Waals surface area contributed by atoms with Gasteiger partial charge in [0.25, 0.3) is 0 Å². The van der Waals surface area contributed by atoms with Gasteiger partial charge in [-0.3, -0.25) is 4.98 Å². The zero-order valence-electron chi connectivity index (χ0n) is 11.4. The van der Waals surface area contributed by atoms with Gasteiger partial charge in [-0.25, -0.2) is 18.1 Å². The molecule has 0 atom stereocenters. The summed E-state index contributed by atoms with van der Waals surface area (Å²) in [5.41, 5.74) is 1.87. The highest BCUT2D eigenvalue weighted by Gasteiger charge is 2.15. The summed E-state index contributed by atoms with van der Waals surface area (Å²) in [6, 6.07) is 8.30. The lowest BCUT2D eigenvalue weighted by Crippen LogP contribution is -2.24. The minimum Gasteiger partial charge on any atom is -0.260 e. The predicted octanol–water partition coefficient (Wildman–Crippen LogP) is 1.39. The zero-order chi connectivity index (χ0) is 15.3. The van der Waals surface area contributed by atoms with E-state index < -0.39 is 10.0 Å². The molecule has 0 spiro atoms. The minimum atomic E-state index is -3.67. The first-order chi connectivity index (χ1) is 10.1. The number of nitrogens with zero attached hydrogens (tertiary/aromatic N) is 3. The van der Waals surface area contributed by atoms with E-state index in [0.717, 1.165) is 12.0 Å². The first kappa shape index (κ1) is 15.1. The van der Waals surface area contributed by atoms with Crippen molar-refractivity contribution >= 4 is 10.0 Å². The Morgan fingerprint density at radius 2 is 2.10 bits per heavy atom. The second kappa shape index (κ2) is 6.43. The van der Waals surface area contributed by atoms with Gasteiger partial charge in [0.2, 0.25) is 10.0 Å². The number of rotatable bonds is 5. The molecule has 2 aromatic heterocycles. The van der Waals surface area contributed by atoms with Gasteiger partial charge in [-0.1, -0.05) is 13.0 Å². The molecule has 108 valence electrons. The van der Waals surface area contributed by atoms with Crippen LogP contribution in [0.1, 0.15) is 23.9 Å². The normalized spacial score (nSPS) is 11.0. The van der Waals surface area contributed by atoms with Crippen molar-refractivity contribution in [1.29, 1.82) is 5.26 Å². The van der Waals surface area contributed by atoms with E-state index in [9.17, 15) is 8.42 Å². The molecule has 2 rings (SSSR count). The summed E-state index contributed by atoms with van der Waals surface area (Å²) in [5.74, 6) is 0. The third-order valence-electron chi connectivity index (χ3n) is 2.96. The van der Waals surface area contributed by atoms with Crippen molar-refractivity contribution in [2.75, 3.05) is 0 Å². The summed E-state index contributed by atoms with van der Waals surface area (Å²) >= 11 is 0. The van der Waals surface area contributed by atoms with E-state index in [4.69, 9.17) is 5.26 Å². The molecule has 0 aliphatic rings. The lowest BCUT2D eigenvalue weighted by atomic mass is 10.1. The van der Waals surface area contributed by atoms with Gasteiger partial charge in [0, 0.05) is 12.4 Å². The molecule has 2 aromatic rings. The van der Waals surface area contributed by atoms with Gasteiger partial charge in [-0.2, -0.15) is 5.26 Å². The molecular formula is C14H14N4O2S. The molecule has 1 N–H and O–H groups in total. The van der Waals surface area contributed by atoms with Crippen LogP contribution in [0.2, 0.25) is 0 Å². The Balaban J connectivity index is 2.16. The van der Waals surface area contributed by atoms with Gasteiger partial charge in [-0.15, -0.1) is 0 Å². The Labute approximate surface area is 123 Å². The van der Waals surface area contributed by atoms with Crippen molar-refractivity contribution in [3.05, 3.63) is 53.6 Å². The molecule has 0 bridgehead atoms. The number of nitriles is 1. The van der Waals surface area contributed by atoms with Crippen LogP contribution in [0.5, 0.6) is 0 Å². The highest BCUT2D eigenvalue weighted by atomic mass is 32.2. The summed E-state index contributed by atoms with van der Waals surface area (Å²) in [7, 11) is -3.67. The highest BCUT2D eigenvalue weighted by Crippen LogP contribution is 2.10. The van der Waals surface area contributed by atoms with Crippen LogP contribution in [0, 0.1) is 11.3 Å². The molecule has 0 radical (unpaired) electrons. The largest absolute Gasteiger partial charge is 0.260 e. The Hall–Kier alpha value is -2.30. The number of aryl methyl sites for hydroxylation is 1. The Bertz CT molecular complexity index is 764. The summed E-state index contributed by atoms with van der Waals surface area (Å²) in [5, 5.41) is 8.66. The van der Waals surface area contributed by atoms with Gasteiger partial charge in [0.05, 0.1) is 12.2 Å². The molecule has 0 unspecified atom stereocenters. The standard InChI is InChI=1S/C14H14N4O2S/c1-2-11-4-3-7-16-14(11)10-18-21(19,20)13-6-5-12(8-15)17-9-13/h3-7,9,18H,2,10H2,1H3. The maximum atomic E-state index is 12.1. The Kier molecular flexibility index (Phi) is 4.62. The van der Waals surface area contributed by atoms with E-state index >= 15 is 0 Å². The van der Waals surface area contributed by atoms with Crippen molar-refractivity contribution in [1.82, 2.24) is 14.7 Å². The van der Waals surface area contributed by atoms with Gasteiger partial charge in [-0.05, 0) is 30.2 Å². The zero-order valence-corrected chi connectivity index (χ0v) is 12.3. The third kappa shape index (κ3) is 3.62. The summed E-state index contributed by atoms with van der Waals surface area (Å²) in [6.45, 7) is 2.10. The fourth-order valence-corrected chi connectivity index (χ4v) is 2.74. The fraction of sp³-hybridized carbons (Fsp3) is 0.214. The summed E-state index contributed by atoms with van der Waals surface area (Å²) in [6.07, 6.45) is 3.58. The summed E-state index contributed by atoms with van der Waals surface area (Å²) < 4.78 is 26.8. The van der Waals surface area contributed by atoms with Crippen LogP contribution in [-0.2, 0) is 23.0 Å². The molecule has 0 saturated heterocycles. The molecule has 0 saturated carbocycles. The van der Waals surface area contributed by atoms with Crippen molar-refractivity contribution in [3.8, 4) is 6.07 Å². The Morgan fingerprint density at radius 3 is 2.71 bits per heavy atom. The lowest BCUT2D eigenvalue weighted by Gasteiger charge is -2.09. The van der Waals surface area contributed by atoms with E-state index in [0.29, 0.717) is 5.69 Å². The van der Waals surface area contributed by atoms with Crippen LogP contribution in [0.25, 0.3) is 0 Å². The molecule has 0 amide bonds. The topological polar surface area (TPSA) is 95.7 Å². The molecule has 6 nitrogen and oxygen atoms in total. The second-order valence-electron chi connectivity index (χ2n) is 4.28. The van der Waals surface area contributed by atoms with E-state index in [1.807, 2.05) is 25.1 Å². The van der Waals surface area contributed by atoms with Crippen molar-refractivity contribution in [2.45, 2.75) is 24.8 Å². The number of sulfonamides is 1. The van der Waals surface area contributed by atoms with E-state index in [2.05, 4.69) is 14.7 Å². The quantitative estimate of drug-likeness (QED) is 0.900. The minimum absolute atomic E-state index is 0.0236. The Morgan fingerprint density at radius 1 is 1.29 bits per heavy atom. The third-order valence-corrected chi connectivity index (χ3v) is 4.34. The summed E-state index contributed by atoms with van der Waals surface area (Å²) in [4.78, 5) is 7.97. The number of nitrogens with one attached hydrogen (secondary N) is 1. The van der Waals surface area contributed by atoms with Crippen LogP contribution in [0.4, 0.5) is 0 Å². The lowest BCUT2D eigenvalue weighted by molar-refractivity contribution is 0.579. The second-order valence-corrected chi connectivity index (χ2v) is 6.05. The maximum absolute atomic E-state index is 12.1. The fourth-order valence-electron chi connectivity index (χ4n) is 1.80. The average molecular weight is 302 g/mol. The van der Waals surface area contributed by atoms with E-state index in [-0.39, 0.29) is 17.1 Å². The van der Waals surface area contributed by atoms with Crippen LogP contribution < -0.4 is 4.72 Å². The van der Waals surface area contributed by atoms with Crippen LogP contribution in [-0.4, -0.2) is 18.4 Å². The molecule has 21 heavy (non-hydrogen) atoms. The van der Waals surface area contributed by atoms with E-state index in [1.165, 1.54) is 18.3 Å². The number of aromatic nitrogens is 2. The molecular weight excluding hydrogens is 288 g/mol. The highest BCUT2D eigenvalue weighted by molar-refractivity contribution is 7.89. The SMILES string of the molecule is CCc1cccnc1CNS(=O)(=O)c1ccc(C#N)nc1. The molecule has 0 fully saturated rings. The number of hydrogen-bond acceptors (Lipinski definition) is 5. The van der Waals surface area contributed by atoms with Crippen LogP contribution in [0.3, 0.4) is 0 Å². The van der Waals surface area contributed by atoms with Gasteiger partial charge < -0.3 is 0 Å². The molecule has 2 heterocycles. The number of pyridine rings is 2. The van der Waals surface area contributed by atoms with Gasteiger partial charge in [0.15, 0.2) is 0 Å². The van der Waals surface area contributed by atoms with Crippen LogP contribution >= 0.6 is 0 Å². The van der Waals surface area contributed by atoms with Crippen LogP contribution in [0.15, 0.2) is 41.6 Å². The van der Waals surface area contributed by atoms with Gasteiger partial charge >= 0.3 is 0 Å². The van der Waals surface area contributed by atoms with Crippen molar-refractivity contribution < 1.29 is 8.42 Å². The number of hydrogen-bond donors (Lipinski definition) is 1. The predicted molar refractivity (Wildman–Crippen MR) is 76.6 cm³/mol. The monoisotopic (exact) mass is 302 g/mol. The average Bonchev–Trinajstić information content (AvgIpc) is 2.53. The first-order valence-electron chi connectivity index (χ1n) is 6.35. The van der Waals surface area contributed by atoms with Crippen molar-refractivity contribution in [2.24, 2.45) is 0 Å². The maximum Gasteiger partial charge on any atom is 0.242 e. The van der Waals surface area contributed by atoms with E-state index in [1.54, 1.807) is 6.20 Å².